The third-order valence-electron chi connectivity index (χ3n) is 4.11. The van der Waals surface area contributed by atoms with Crippen LogP contribution in [0.15, 0.2) is 36.5 Å². The molecule has 0 fully saturated rings. The lowest BCUT2D eigenvalue weighted by Crippen LogP contribution is -2.52. The topological polar surface area (TPSA) is 101 Å². The normalized spacial score (nSPS) is 12.1. The average molecular weight is 473 g/mol. The number of hydrogen-bond donors (Lipinski definition) is 2. The second kappa shape index (κ2) is 10.4. The molecular weight excluding hydrogens is 447 g/mol. The number of carbonyl (C=O) groups is 1. The van der Waals surface area contributed by atoms with E-state index in [0.717, 1.165) is 18.7 Å². The standard InChI is InChI=1S/C20H26ClFN4O4S/c1-20(2,25-31(28,29)13-14-11-15(22)5-7-17(14)21)19(27)24-16-6-8-18(23-12-16)30-10-9-26(3)4/h5-8,11-12,25H,9-10,13H2,1-4H3,(H,24,27). The predicted molar refractivity (Wildman–Crippen MR) is 118 cm³/mol. The highest BCUT2D eigenvalue weighted by atomic mass is 35.5. The Hall–Kier alpha value is -2.27. The van der Waals surface area contributed by atoms with Gasteiger partial charge in [0.05, 0.1) is 17.6 Å². The fourth-order valence-electron chi connectivity index (χ4n) is 2.49. The maximum Gasteiger partial charge on any atom is 0.245 e. The van der Waals surface area contributed by atoms with E-state index in [9.17, 15) is 17.6 Å². The Morgan fingerprint density at radius 1 is 1.26 bits per heavy atom. The molecule has 0 radical (unpaired) electrons. The molecule has 8 nitrogen and oxygen atoms in total. The van der Waals surface area contributed by atoms with Crippen molar-refractivity contribution < 1.29 is 22.3 Å². The van der Waals surface area contributed by atoms with Crippen LogP contribution in [0.1, 0.15) is 19.4 Å². The highest BCUT2D eigenvalue weighted by Gasteiger charge is 2.33. The largest absolute Gasteiger partial charge is 0.476 e. The molecule has 0 spiro atoms. The second-order valence-electron chi connectivity index (χ2n) is 7.71. The monoisotopic (exact) mass is 472 g/mol. The molecule has 0 aliphatic heterocycles. The Kier molecular flexibility index (Phi) is 8.35. The number of amides is 1. The lowest BCUT2D eigenvalue weighted by molar-refractivity contribution is -0.120. The molecular formula is C20H26ClFN4O4S. The van der Waals surface area contributed by atoms with Gasteiger partial charge in [0, 0.05) is 17.6 Å². The van der Waals surface area contributed by atoms with Gasteiger partial charge in [0.1, 0.15) is 18.0 Å². The van der Waals surface area contributed by atoms with Crippen LogP contribution in [0.3, 0.4) is 0 Å². The number of rotatable bonds is 10. The zero-order valence-corrected chi connectivity index (χ0v) is 19.3. The molecule has 1 aromatic carbocycles. The smallest absolute Gasteiger partial charge is 0.245 e. The molecule has 0 atom stereocenters. The van der Waals surface area contributed by atoms with Crippen LogP contribution in [-0.2, 0) is 20.6 Å². The molecule has 0 bridgehead atoms. The van der Waals surface area contributed by atoms with E-state index in [1.165, 1.54) is 26.1 Å². The van der Waals surface area contributed by atoms with Crippen LogP contribution in [0, 0.1) is 5.82 Å². The minimum absolute atomic E-state index is 0.0967. The van der Waals surface area contributed by atoms with E-state index in [4.69, 9.17) is 16.3 Å². The molecule has 2 aromatic rings. The quantitative estimate of drug-likeness (QED) is 0.551. The summed E-state index contributed by atoms with van der Waals surface area (Å²) in [5.41, 5.74) is -1.01. The summed E-state index contributed by atoms with van der Waals surface area (Å²) in [6.07, 6.45) is 1.42. The fraction of sp³-hybridized carbons (Fsp3) is 0.400. The van der Waals surface area contributed by atoms with Gasteiger partial charge in [-0.1, -0.05) is 11.6 Å². The number of ether oxygens (including phenoxy) is 1. The number of pyridine rings is 1. The minimum Gasteiger partial charge on any atom is -0.476 e. The van der Waals surface area contributed by atoms with Gasteiger partial charge in [-0.05, 0) is 57.8 Å². The number of halogens is 2. The van der Waals surface area contributed by atoms with Crippen LogP contribution < -0.4 is 14.8 Å². The van der Waals surface area contributed by atoms with Gasteiger partial charge in [-0.15, -0.1) is 0 Å². The van der Waals surface area contributed by atoms with Crippen molar-refractivity contribution in [2.75, 3.05) is 32.6 Å². The number of sulfonamides is 1. The van der Waals surface area contributed by atoms with Gasteiger partial charge < -0.3 is 15.0 Å². The molecule has 170 valence electrons. The van der Waals surface area contributed by atoms with Gasteiger partial charge in [0.15, 0.2) is 0 Å². The van der Waals surface area contributed by atoms with Crippen molar-refractivity contribution >= 4 is 33.2 Å². The number of benzene rings is 1. The van der Waals surface area contributed by atoms with Crippen molar-refractivity contribution in [1.29, 1.82) is 0 Å². The van der Waals surface area contributed by atoms with Gasteiger partial charge in [0.25, 0.3) is 0 Å². The summed E-state index contributed by atoms with van der Waals surface area (Å²) in [4.78, 5) is 18.7. The zero-order chi connectivity index (χ0) is 23.2. The number of aromatic nitrogens is 1. The summed E-state index contributed by atoms with van der Waals surface area (Å²) >= 11 is 5.95. The van der Waals surface area contributed by atoms with E-state index in [1.807, 2.05) is 19.0 Å². The first-order valence-electron chi connectivity index (χ1n) is 9.38. The van der Waals surface area contributed by atoms with Crippen molar-refractivity contribution in [2.24, 2.45) is 0 Å². The van der Waals surface area contributed by atoms with Crippen molar-refractivity contribution in [3.05, 3.63) is 52.9 Å². The first-order chi connectivity index (χ1) is 14.4. The third-order valence-corrected chi connectivity index (χ3v) is 6.00. The fourth-order valence-corrected chi connectivity index (χ4v) is 4.34. The summed E-state index contributed by atoms with van der Waals surface area (Å²) in [6, 6.07) is 6.67. The van der Waals surface area contributed by atoms with Crippen LogP contribution in [0.2, 0.25) is 5.02 Å². The summed E-state index contributed by atoms with van der Waals surface area (Å²) in [7, 11) is -0.137. The van der Waals surface area contributed by atoms with E-state index < -0.39 is 33.0 Å². The number of anilines is 1. The van der Waals surface area contributed by atoms with E-state index in [-0.39, 0.29) is 10.6 Å². The average Bonchev–Trinajstić information content (AvgIpc) is 2.64. The van der Waals surface area contributed by atoms with Crippen molar-refractivity contribution in [2.45, 2.75) is 25.1 Å². The Morgan fingerprint density at radius 3 is 2.58 bits per heavy atom. The van der Waals surface area contributed by atoms with Crippen LogP contribution in [-0.4, -0.2) is 57.0 Å². The second-order valence-corrected chi connectivity index (χ2v) is 9.84. The Morgan fingerprint density at radius 2 is 1.97 bits per heavy atom. The molecule has 1 amide bonds. The molecule has 0 aliphatic rings. The molecule has 0 aliphatic carbocycles. The molecule has 0 saturated carbocycles. The molecule has 31 heavy (non-hydrogen) atoms. The van der Waals surface area contributed by atoms with E-state index in [1.54, 1.807) is 12.1 Å². The van der Waals surface area contributed by atoms with Gasteiger partial charge in [-0.25, -0.2) is 17.8 Å². The Bertz CT molecular complexity index is 1010. The summed E-state index contributed by atoms with van der Waals surface area (Å²) in [5, 5.41) is 2.73. The van der Waals surface area contributed by atoms with Crippen LogP contribution in [0.25, 0.3) is 0 Å². The Labute approximate surface area is 186 Å². The number of hydrogen-bond acceptors (Lipinski definition) is 6. The van der Waals surface area contributed by atoms with E-state index >= 15 is 0 Å². The van der Waals surface area contributed by atoms with Gasteiger partial charge in [-0.2, -0.15) is 4.72 Å². The number of nitrogens with zero attached hydrogens (tertiary/aromatic N) is 2. The van der Waals surface area contributed by atoms with E-state index in [0.29, 0.717) is 18.2 Å². The van der Waals surface area contributed by atoms with Gasteiger partial charge >= 0.3 is 0 Å². The molecule has 11 heteroatoms. The number of nitrogens with one attached hydrogen (secondary N) is 2. The van der Waals surface area contributed by atoms with Crippen LogP contribution >= 0.6 is 11.6 Å². The summed E-state index contributed by atoms with van der Waals surface area (Å²) in [6.45, 7) is 4.03. The van der Waals surface area contributed by atoms with Gasteiger partial charge in [-0.3, -0.25) is 4.79 Å². The molecule has 0 saturated heterocycles. The lowest BCUT2D eigenvalue weighted by atomic mass is 10.1. The SMILES string of the molecule is CN(C)CCOc1ccc(NC(=O)C(C)(C)NS(=O)(=O)Cc2cc(F)ccc2Cl)cn1. The zero-order valence-electron chi connectivity index (χ0n) is 17.8. The first-order valence-corrected chi connectivity index (χ1v) is 11.4. The van der Waals surface area contributed by atoms with Crippen LogP contribution in [0.5, 0.6) is 5.88 Å². The highest BCUT2D eigenvalue weighted by Crippen LogP contribution is 2.21. The van der Waals surface area contributed by atoms with Crippen molar-refractivity contribution in [3.8, 4) is 5.88 Å². The van der Waals surface area contributed by atoms with Gasteiger partial charge in [0.2, 0.25) is 21.8 Å². The van der Waals surface area contributed by atoms with Crippen molar-refractivity contribution in [1.82, 2.24) is 14.6 Å². The summed E-state index contributed by atoms with van der Waals surface area (Å²) in [5.74, 6) is -1.36. The number of carbonyl (C=O) groups excluding carboxylic acids is 1. The maximum absolute atomic E-state index is 13.4. The molecule has 0 unspecified atom stereocenters. The van der Waals surface area contributed by atoms with E-state index in [2.05, 4.69) is 15.0 Å². The minimum atomic E-state index is -3.99. The summed E-state index contributed by atoms with van der Waals surface area (Å²) < 4.78 is 46.3. The Balaban J connectivity index is 1.99. The first kappa shape index (κ1) is 25.0. The molecule has 2 rings (SSSR count). The number of likely N-dealkylation sites (N-methyl/N-ethyl adjacent to an activating group) is 1. The van der Waals surface area contributed by atoms with Crippen molar-refractivity contribution in [3.63, 3.8) is 0 Å². The molecule has 1 heterocycles. The molecule has 1 aromatic heterocycles. The lowest BCUT2D eigenvalue weighted by Gasteiger charge is -2.25. The molecule has 2 N–H and O–H groups in total. The third kappa shape index (κ3) is 8.06. The maximum atomic E-state index is 13.4. The van der Waals surface area contributed by atoms with Crippen LogP contribution in [0.4, 0.5) is 10.1 Å². The predicted octanol–water partition coefficient (Wildman–Crippen LogP) is 2.65. The highest BCUT2D eigenvalue weighted by molar-refractivity contribution is 7.88.